The minimum absolute atomic E-state index is 0.0574. The molecule has 0 fully saturated rings. The van der Waals surface area contributed by atoms with Crippen LogP contribution in [0, 0.1) is 0 Å². The summed E-state index contributed by atoms with van der Waals surface area (Å²) >= 11 is 0. The van der Waals surface area contributed by atoms with Gasteiger partial charge in [0.25, 0.3) is 5.91 Å². The molecule has 4 heteroatoms. The molecule has 84 valence electrons. The van der Waals surface area contributed by atoms with Gasteiger partial charge in [0.15, 0.2) is 0 Å². The van der Waals surface area contributed by atoms with Crippen molar-refractivity contribution in [3.63, 3.8) is 0 Å². The molecule has 0 spiro atoms. The van der Waals surface area contributed by atoms with Gasteiger partial charge in [0.1, 0.15) is 0 Å². The molecule has 16 heavy (non-hydrogen) atoms. The van der Waals surface area contributed by atoms with Crippen molar-refractivity contribution in [3.8, 4) is 0 Å². The van der Waals surface area contributed by atoms with Gasteiger partial charge >= 0.3 is 0 Å². The van der Waals surface area contributed by atoms with Gasteiger partial charge in [-0.2, -0.15) is 0 Å². The predicted octanol–water partition coefficient (Wildman–Crippen LogP) is 1.28. The number of benzene rings is 1. The van der Waals surface area contributed by atoms with Crippen LogP contribution in [0.15, 0.2) is 30.5 Å². The van der Waals surface area contributed by atoms with Crippen LogP contribution in [0.1, 0.15) is 17.3 Å². The SMILES string of the molecule is C[C@@H](CO)NC(=O)c1ccc2[nH]ccc2c1. The summed E-state index contributed by atoms with van der Waals surface area (Å²) in [5, 5.41) is 12.6. The first-order valence-electron chi connectivity index (χ1n) is 5.19. The molecule has 2 rings (SSSR count). The third-order valence-corrected chi connectivity index (χ3v) is 2.47. The van der Waals surface area contributed by atoms with Crippen molar-refractivity contribution < 1.29 is 9.90 Å². The van der Waals surface area contributed by atoms with Crippen LogP contribution in [0.2, 0.25) is 0 Å². The minimum atomic E-state index is -0.227. The van der Waals surface area contributed by atoms with Gasteiger partial charge in [-0.3, -0.25) is 4.79 Å². The van der Waals surface area contributed by atoms with Crippen LogP contribution in [0.4, 0.5) is 0 Å². The fourth-order valence-electron chi connectivity index (χ4n) is 1.55. The van der Waals surface area contributed by atoms with Crippen molar-refractivity contribution in [2.45, 2.75) is 13.0 Å². The molecular weight excluding hydrogens is 204 g/mol. The molecule has 3 N–H and O–H groups in total. The molecule has 1 heterocycles. The third kappa shape index (κ3) is 2.06. The summed E-state index contributed by atoms with van der Waals surface area (Å²) in [5.74, 6) is -0.162. The Labute approximate surface area is 93.3 Å². The molecule has 0 radical (unpaired) electrons. The van der Waals surface area contributed by atoms with E-state index in [1.54, 1.807) is 13.0 Å². The van der Waals surface area contributed by atoms with Crippen molar-refractivity contribution in [2.24, 2.45) is 0 Å². The van der Waals surface area contributed by atoms with E-state index in [2.05, 4.69) is 10.3 Å². The first-order chi connectivity index (χ1) is 7.70. The maximum atomic E-state index is 11.7. The summed E-state index contributed by atoms with van der Waals surface area (Å²) in [4.78, 5) is 14.8. The quantitative estimate of drug-likeness (QED) is 0.726. The molecule has 1 aromatic carbocycles. The van der Waals surface area contributed by atoms with Crippen molar-refractivity contribution in [1.82, 2.24) is 10.3 Å². The zero-order valence-electron chi connectivity index (χ0n) is 9.03. The number of carbonyl (C=O) groups is 1. The first-order valence-corrected chi connectivity index (χ1v) is 5.19. The second-order valence-electron chi connectivity index (χ2n) is 3.84. The number of hydrogen-bond acceptors (Lipinski definition) is 2. The minimum Gasteiger partial charge on any atom is -0.394 e. The lowest BCUT2D eigenvalue weighted by molar-refractivity contribution is 0.0922. The normalized spacial score (nSPS) is 12.6. The van der Waals surface area contributed by atoms with E-state index in [9.17, 15) is 4.79 Å². The monoisotopic (exact) mass is 218 g/mol. The number of H-pyrrole nitrogens is 1. The molecular formula is C12H14N2O2. The molecule has 2 aromatic rings. The average Bonchev–Trinajstić information content (AvgIpc) is 2.75. The molecule has 0 aliphatic rings. The number of rotatable bonds is 3. The summed E-state index contributed by atoms with van der Waals surface area (Å²) in [6.07, 6.45) is 1.84. The predicted molar refractivity (Wildman–Crippen MR) is 62.3 cm³/mol. The number of hydrogen-bond donors (Lipinski definition) is 3. The Morgan fingerprint density at radius 1 is 1.50 bits per heavy atom. The average molecular weight is 218 g/mol. The number of aromatic amines is 1. The Hall–Kier alpha value is -1.81. The van der Waals surface area contributed by atoms with Gasteiger partial charge in [-0.15, -0.1) is 0 Å². The number of carbonyl (C=O) groups excluding carboxylic acids is 1. The number of fused-ring (bicyclic) bond motifs is 1. The highest BCUT2D eigenvalue weighted by Crippen LogP contribution is 2.14. The second kappa shape index (κ2) is 4.37. The molecule has 0 unspecified atom stereocenters. The van der Waals surface area contributed by atoms with Crippen molar-refractivity contribution in [2.75, 3.05) is 6.61 Å². The fourth-order valence-corrected chi connectivity index (χ4v) is 1.55. The lowest BCUT2D eigenvalue weighted by atomic mass is 10.1. The number of aliphatic hydroxyl groups excluding tert-OH is 1. The highest BCUT2D eigenvalue weighted by atomic mass is 16.3. The maximum Gasteiger partial charge on any atom is 0.251 e. The standard InChI is InChI=1S/C12H14N2O2/c1-8(7-15)14-12(16)10-2-3-11-9(6-10)4-5-13-11/h2-6,8,13,15H,7H2,1H3,(H,14,16)/t8-/m0/s1. The van der Waals surface area contributed by atoms with Crippen LogP contribution in [0.25, 0.3) is 10.9 Å². The van der Waals surface area contributed by atoms with Gasteiger partial charge in [-0.25, -0.2) is 0 Å². The van der Waals surface area contributed by atoms with Gasteiger partial charge < -0.3 is 15.4 Å². The van der Waals surface area contributed by atoms with E-state index in [1.165, 1.54) is 0 Å². The topological polar surface area (TPSA) is 65.1 Å². The molecule has 1 amide bonds. The van der Waals surface area contributed by atoms with Gasteiger partial charge in [-0.05, 0) is 31.2 Å². The Balaban J connectivity index is 2.22. The number of amides is 1. The molecule has 0 bridgehead atoms. The summed E-state index contributed by atoms with van der Waals surface area (Å²) < 4.78 is 0. The summed E-state index contributed by atoms with van der Waals surface area (Å²) in [5.41, 5.74) is 1.61. The third-order valence-electron chi connectivity index (χ3n) is 2.47. The smallest absolute Gasteiger partial charge is 0.251 e. The van der Waals surface area contributed by atoms with E-state index < -0.39 is 0 Å². The number of aliphatic hydroxyl groups is 1. The Bertz CT molecular complexity index is 504. The van der Waals surface area contributed by atoms with E-state index in [0.29, 0.717) is 5.56 Å². The van der Waals surface area contributed by atoms with Gasteiger partial charge in [0.2, 0.25) is 0 Å². The van der Waals surface area contributed by atoms with E-state index in [4.69, 9.17) is 5.11 Å². The first kappa shape index (κ1) is 10.7. The van der Waals surface area contributed by atoms with Crippen LogP contribution in [0.5, 0.6) is 0 Å². The summed E-state index contributed by atoms with van der Waals surface area (Å²) in [6.45, 7) is 1.70. The zero-order chi connectivity index (χ0) is 11.5. The highest BCUT2D eigenvalue weighted by molar-refractivity contribution is 5.98. The van der Waals surface area contributed by atoms with E-state index in [1.807, 2.05) is 24.4 Å². The number of nitrogens with one attached hydrogen (secondary N) is 2. The largest absolute Gasteiger partial charge is 0.394 e. The molecule has 4 nitrogen and oxygen atoms in total. The highest BCUT2D eigenvalue weighted by Gasteiger charge is 2.09. The van der Waals surface area contributed by atoms with E-state index in [0.717, 1.165) is 10.9 Å². The molecule has 0 aliphatic carbocycles. The molecule has 1 aromatic heterocycles. The van der Waals surface area contributed by atoms with Gasteiger partial charge in [0, 0.05) is 28.7 Å². The maximum absolute atomic E-state index is 11.7. The summed E-state index contributed by atoms with van der Waals surface area (Å²) in [6, 6.07) is 7.15. The van der Waals surface area contributed by atoms with Crippen LogP contribution in [-0.2, 0) is 0 Å². The van der Waals surface area contributed by atoms with Crippen LogP contribution in [-0.4, -0.2) is 28.6 Å². The Morgan fingerprint density at radius 2 is 2.31 bits per heavy atom. The fraction of sp³-hybridized carbons (Fsp3) is 0.250. The number of aromatic nitrogens is 1. The molecule has 1 atom stereocenters. The lowest BCUT2D eigenvalue weighted by Gasteiger charge is -2.10. The lowest BCUT2D eigenvalue weighted by Crippen LogP contribution is -2.34. The zero-order valence-corrected chi connectivity index (χ0v) is 9.03. The molecule has 0 aliphatic heterocycles. The van der Waals surface area contributed by atoms with Gasteiger partial charge in [0.05, 0.1) is 6.61 Å². The van der Waals surface area contributed by atoms with Crippen molar-refractivity contribution >= 4 is 16.8 Å². The second-order valence-corrected chi connectivity index (χ2v) is 3.84. The van der Waals surface area contributed by atoms with Crippen LogP contribution < -0.4 is 5.32 Å². The Morgan fingerprint density at radius 3 is 3.06 bits per heavy atom. The Kier molecular flexibility index (Phi) is 2.92. The van der Waals surface area contributed by atoms with Gasteiger partial charge in [-0.1, -0.05) is 0 Å². The molecule has 0 saturated heterocycles. The van der Waals surface area contributed by atoms with Crippen molar-refractivity contribution in [3.05, 3.63) is 36.0 Å². The van der Waals surface area contributed by atoms with Crippen LogP contribution >= 0.6 is 0 Å². The van der Waals surface area contributed by atoms with E-state index in [-0.39, 0.29) is 18.6 Å². The van der Waals surface area contributed by atoms with E-state index >= 15 is 0 Å². The molecule has 0 saturated carbocycles. The van der Waals surface area contributed by atoms with Crippen LogP contribution in [0.3, 0.4) is 0 Å². The van der Waals surface area contributed by atoms with Crippen molar-refractivity contribution in [1.29, 1.82) is 0 Å². The summed E-state index contributed by atoms with van der Waals surface area (Å²) in [7, 11) is 0.